The number of rotatable bonds is 6. The van der Waals surface area contributed by atoms with E-state index in [1.54, 1.807) is 12.1 Å². The van der Waals surface area contributed by atoms with Crippen molar-refractivity contribution in [2.45, 2.75) is 26.2 Å². The van der Waals surface area contributed by atoms with E-state index in [0.29, 0.717) is 17.7 Å². The summed E-state index contributed by atoms with van der Waals surface area (Å²) in [5.74, 6) is -0.571. The zero-order chi connectivity index (χ0) is 16.7. The van der Waals surface area contributed by atoms with Gasteiger partial charge in [-0.2, -0.15) is 5.10 Å². The van der Waals surface area contributed by atoms with Crippen molar-refractivity contribution in [3.8, 4) is 5.75 Å². The smallest absolute Gasteiger partial charge is 0.271 e. The van der Waals surface area contributed by atoms with Crippen LogP contribution in [-0.2, 0) is 0 Å². The van der Waals surface area contributed by atoms with E-state index in [1.807, 2.05) is 0 Å². The van der Waals surface area contributed by atoms with Gasteiger partial charge in [0, 0.05) is 5.56 Å². The van der Waals surface area contributed by atoms with Crippen molar-refractivity contribution >= 4 is 11.6 Å². The summed E-state index contributed by atoms with van der Waals surface area (Å²) >= 11 is 0. The van der Waals surface area contributed by atoms with Crippen LogP contribution in [0.3, 0.4) is 0 Å². The zero-order valence-corrected chi connectivity index (χ0v) is 12.9. The molecule has 0 aliphatic heterocycles. The highest BCUT2D eigenvalue weighted by Gasteiger charge is 2.07. The quantitative estimate of drug-likeness (QED) is 0.628. The molecule has 0 aromatic heterocycles. The van der Waals surface area contributed by atoms with Gasteiger partial charge in [0.15, 0.2) is 0 Å². The maximum absolute atomic E-state index is 13.0. The second kappa shape index (κ2) is 8.08. The van der Waals surface area contributed by atoms with E-state index in [1.165, 1.54) is 36.4 Å². The summed E-state index contributed by atoms with van der Waals surface area (Å²) in [6.45, 7) is 2.07. The third-order valence-electron chi connectivity index (χ3n) is 3.37. The molecule has 0 bridgehead atoms. The van der Waals surface area contributed by atoms with Gasteiger partial charge >= 0.3 is 0 Å². The van der Waals surface area contributed by atoms with Crippen molar-refractivity contribution in [2.24, 2.45) is 5.10 Å². The van der Waals surface area contributed by atoms with E-state index in [0.717, 1.165) is 18.4 Å². The van der Waals surface area contributed by atoms with Gasteiger partial charge in [-0.05, 0) is 54.8 Å². The molecule has 120 valence electrons. The molecule has 0 radical (unpaired) electrons. The van der Waals surface area contributed by atoms with Gasteiger partial charge in [0.25, 0.3) is 5.91 Å². The maximum atomic E-state index is 13.0. The topological polar surface area (TPSA) is 61.7 Å². The van der Waals surface area contributed by atoms with Crippen LogP contribution in [-0.4, -0.2) is 16.7 Å². The first kappa shape index (κ1) is 16.7. The maximum Gasteiger partial charge on any atom is 0.271 e. The van der Waals surface area contributed by atoms with Crippen LogP contribution < -0.4 is 5.43 Å². The van der Waals surface area contributed by atoms with Gasteiger partial charge in [0.1, 0.15) is 11.6 Å². The minimum absolute atomic E-state index is 0.0972. The lowest BCUT2D eigenvalue weighted by Crippen LogP contribution is -2.20. The van der Waals surface area contributed by atoms with Crippen LogP contribution in [0, 0.1) is 5.82 Å². The van der Waals surface area contributed by atoms with E-state index >= 15 is 0 Å². The Balaban J connectivity index is 2.14. The summed E-state index contributed by atoms with van der Waals surface area (Å²) in [6.07, 6.45) is 2.61. The molecule has 1 amide bonds. The van der Waals surface area contributed by atoms with Gasteiger partial charge in [-0.15, -0.1) is 0 Å². The standard InChI is InChI=1S/C18H19FN2O2/c1-2-3-4-17(13-5-9-15(19)10-6-13)20-21-18(23)14-7-11-16(22)12-8-14/h5-12,22H,2-4H2,1H3,(H,21,23)/b20-17-. The summed E-state index contributed by atoms with van der Waals surface area (Å²) in [6, 6.07) is 12.0. The first-order chi connectivity index (χ1) is 11.1. The fourth-order valence-corrected chi connectivity index (χ4v) is 2.05. The number of phenols is 1. The second-order valence-electron chi connectivity index (χ2n) is 5.16. The Labute approximate surface area is 134 Å². The van der Waals surface area contributed by atoms with Crippen LogP contribution in [0.1, 0.15) is 42.1 Å². The first-order valence-corrected chi connectivity index (χ1v) is 7.52. The number of nitrogens with zero attached hydrogens (tertiary/aromatic N) is 1. The van der Waals surface area contributed by atoms with Gasteiger partial charge in [-0.25, -0.2) is 9.82 Å². The lowest BCUT2D eigenvalue weighted by Gasteiger charge is -2.07. The Morgan fingerprint density at radius 3 is 2.30 bits per heavy atom. The number of amides is 1. The predicted octanol–water partition coefficient (Wildman–Crippen LogP) is 3.86. The highest BCUT2D eigenvalue weighted by Crippen LogP contribution is 2.11. The molecule has 2 rings (SSSR count). The average molecular weight is 314 g/mol. The monoisotopic (exact) mass is 314 g/mol. The largest absolute Gasteiger partial charge is 0.508 e. The number of benzene rings is 2. The van der Waals surface area contributed by atoms with E-state index in [2.05, 4.69) is 17.5 Å². The van der Waals surface area contributed by atoms with Gasteiger partial charge in [-0.3, -0.25) is 4.79 Å². The molecule has 0 atom stereocenters. The molecular weight excluding hydrogens is 295 g/mol. The van der Waals surface area contributed by atoms with Crippen molar-refractivity contribution in [3.63, 3.8) is 0 Å². The van der Waals surface area contributed by atoms with E-state index in [4.69, 9.17) is 0 Å². The molecule has 2 N–H and O–H groups in total. The first-order valence-electron chi connectivity index (χ1n) is 7.52. The van der Waals surface area contributed by atoms with Crippen LogP contribution in [0.5, 0.6) is 5.75 Å². The van der Waals surface area contributed by atoms with Gasteiger partial charge in [0.05, 0.1) is 5.71 Å². The third-order valence-corrected chi connectivity index (χ3v) is 3.37. The molecular formula is C18H19FN2O2. The Morgan fingerprint density at radius 1 is 1.09 bits per heavy atom. The fourth-order valence-electron chi connectivity index (χ4n) is 2.05. The fraction of sp³-hybridized carbons (Fsp3) is 0.222. The number of hydrogen-bond acceptors (Lipinski definition) is 3. The zero-order valence-electron chi connectivity index (χ0n) is 12.9. The van der Waals surface area contributed by atoms with E-state index < -0.39 is 0 Å². The molecule has 4 nitrogen and oxygen atoms in total. The number of carbonyl (C=O) groups is 1. The van der Waals surface area contributed by atoms with Crippen molar-refractivity contribution in [3.05, 3.63) is 65.5 Å². The number of phenolic OH excluding ortho intramolecular Hbond substituents is 1. The number of aromatic hydroxyl groups is 1. The minimum atomic E-state index is -0.360. The highest BCUT2D eigenvalue weighted by molar-refractivity contribution is 6.02. The molecule has 0 aliphatic carbocycles. The molecule has 23 heavy (non-hydrogen) atoms. The number of hydrogen-bond donors (Lipinski definition) is 2. The molecule has 5 heteroatoms. The number of nitrogens with one attached hydrogen (secondary N) is 1. The van der Waals surface area contributed by atoms with E-state index in [9.17, 15) is 14.3 Å². The summed E-state index contributed by atoms with van der Waals surface area (Å²) in [5.41, 5.74) is 4.41. The molecule has 0 aliphatic rings. The van der Waals surface area contributed by atoms with Crippen LogP contribution in [0.2, 0.25) is 0 Å². The molecule has 0 spiro atoms. The summed E-state index contributed by atoms with van der Waals surface area (Å²) in [4.78, 5) is 12.1. The van der Waals surface area contributed by atoms with Gasteiger partial charge in [0.2, 0.25) is 0 Å². The Morgan fingerprint density at radius 2 is 1.70 bits per heavy atom. The van der Waals surface area contributed by atoms with Crippen LogP contribution in [0.4, 0.5) is 4.39 Å². The molecule has 0 saturated heterocycles. The van der Waals surface area contributed by atoms with Crippen LogP contribution in [0.25, 0.3) is 0 Å². The van der Waals surface area contributed by atoms with Gasteiger partial charge in [-0.1, -0.05) is 25.5 Å². The predicted molar refractivity (Wildman–Crippen MR) is 88.0 cm³/mol. The number of hydrazone groups is 1. The Hall–Kier alpha value is -2.69. The minimum Gasteiger partial charge on any atom is -0.508 e. The Bertz CT molecular complexity index is 679. The summed E-state index contributed by atoms with van der Waals surface area (Å²) in [5, 5.41) is 13.4. The molecule has 0 fully saturated rings. The van der Waals surface area contributed by atoms with Crippen LogP contribution in [0.15, 0.2) is 53.6 Å². The molecule has 0 heterocycles. The number of halogens is 1. The molecule has 2 aromatic carbocycles. The second-order valence-corrected chi connectivity index (χ2v) is 5.16. The van der Waals surface area contributed by atoms with Crippen LogP contribution >= 0.6 is 0 Å². The van der Waals surface area contributed by atoms with Crippen molar-refractivity contribution in [1.29, 1.82) is 0 Å². The normalized spacial score (nSPS) is 11.3. The van der Waals surface area contributed by atoms with E-state index in [-0.39, 0.29) is 17.5 Å². The van der Waals surface area contributed by atoms with Gasteiger partial charge < -0.3 is 5.11 Å². The molecule has 0 saturated carbocycles. The summed E-state index contributed by atoms with van der Waals surface area (Å²) < 4.78 is 13.0. The number of unbranched alkanes of at least 4 members (excludes halogenated alkanes) is 1. The Kier molecular flexibility index (Phi) is 5.86. The summed E-state index contributed by atoms with van der Waals surface area (Å²) in [7, 11) is 0. The molecule has 2 aromatic rings. The molecule has 0 unspecified atom stereocenters. The van der Waals surface area contributed by atoms with Crippen molar-refractivity contribution in [1.82, 2.24) is 5.43 Å². The van der Waals surface area contributed by atoms with Crippen molar-refractivity contribution < 1.29 is 14.3 Å². The lowest BCUT2D eigenvalue weighted by atomic mass is 10.0. The average Bonchev–Trinajstić information content (AvgIpc) is 2.56. The number of carbonyl (C=O) groups excluding carboxylic acids is 1. The SMILES string of the molecule is CCCC/C(=N/NC(=O)c1ccc(O)cc1)c1ccc(F)cc1. The lowest BCUT2D eigenvalue weighted by molar-refractivity contribution is 0.0955. The van der Waals surface area contributed by atoms with Crippen molar-refractivity contribution in [2.75, 3.05) is 0 Å². The highest BCUT2D eigenvalue weighted by atomic mass is 19.1. The third kappa shape index (κ3) is 4.92.